The van der Waals surface area contributed by atoms with Crippen molar-refractivity contribution in [2.75, 3.05) is 0 Å². The Kier molecular flexibility index (Phi) is 6.97. The second-order valence-electron chi connectivity index (χ2n) is 4.68. The Hall–Kier alpha value is -1.45. The summed E-state index contributed by atoms with van der Waals surface area (Å²) in [6.07, 6.45) is -3.14. The third-order valence-electron chi connectivity index (χ3n) is 3.21. The van der Waals surface area contributed by atoms with Gasteiger partial charge in [-0.2, -0.15) is 18.3 Å². The minimum absolute atomic E-state index is 0.189. The molecule has 25 heavy (non-hydrogen) atoms. The van der Waals surface area contributed by atoms with Crippen LogP contribution in [0.15, 0.2) is 53.1 Å². The van der Waals surface area contributed by atoms with Gasteiger partial charge in [0.05, 0.1) is 12.0 Å². The number of para-hydroxylation sites is 1. The van der Waals surface area contributed by atoms with E-state index in [2.05, 4.69) is 5.10 Å². The molecule has 4 nitrogen and oxygen atoms in total. The monoisotopic (exact) mass is 436 g/mol. The van der Waals surface area contributed by atoms with E-state index in [1.807, 2.05) is 0 Å². The summed E-state index contributed by atoms with van der Waals surface area (Å²) in [6.45, 7) is 0.189. The van der Waals surface area contributed by atoms with Crippen LogP contribution in [0.25, 0.3) is 17.1 Å². The van der Waals surface area contributed by atoms with E-state index in [1.54, 1.807) is 36.4 Å². The summed E-state index contributed by atoms with van der Waals surface area (Å²) in [5.41, 5.74) is 6.08. The van der Waals surface area contributed by atoms with Crippen molar-refractivity contribution in [2.45, 2.75) is 12.7 Å². The predicted octanol–water partition coefficient (Wildman–Crippen LogP) is 4.99. The third-order valence-corrected chi connectivity index (χ3v) is 3.21. The fourth-order valence-corrected chi connectivity index (χ4v) is 2.19. The number of furan rings is 1. The Balaban J connectivity index is 0.000000701. The first-order valence-electron chi connectivity index (χ1n) is 6.75. The molecule has 0 unspecified atom stereocenters. The number of benzene rings is 1. The van der Waals surface area contributed by atoms with Gasteiger partial charge in [-0.25, -0.2) is 4.68 Å². The topological polar surface area (TPSA) is 57.0 Å². The molecule has 3 aromatic rings. The molecule has 2 N–H and O–H groups in total. The van der Waals surface area contributed by atoms with Gasteiger partial charge in [-0.15, -0.1) is 0 Å². The average Bonchev–Trinajstić information content (AvgIpc) is 3.24. The summed E-state index contributed by atoms with van der Waals surface area (Å²) in [5, 5.41) is 3.69. The molecule has 0 fully saturated rings. The second-order valence-corrected chi connectivity index (χ2v) is 6.40. The maximum atomic E-state index is 13.0. The van der Waals surface area contributed by atoms with Crippen molar-refractivity contribution >= 4 is 20.3 Å². The molecule has 0 saturated carbocycles. The molecular formula is C15H12Cl2CoF3N3O. The first kappa shape index (κ1) is 19.9. The summed E-state index contributed by atoms with van der Waals surface area (Å²) in [7, 11) is 9.47. The number of halogens is 5. The van der Waals surface area contributed by atoms with E-state index in [9.17, 15) is 13.2 Å². The van der Waals surface area contributed by atoms with Crippen LogP contribution in [0.5, 0.6) is 0 Å². The zero-order chi connectivity index (χ0) is 18.4. The van der Waals surface area contributed by atoms with Crippen molar-refractivity contribution in [3.05, 3.63) is 60.0 Å². The summed E-state index contributed by atoms with van der Waals surface area (Å²) >= 11 is 0.382. The normalized spacial score (nSPS) is 11.3. The molecule has 2 aromatic heterocycles. The van der Waals surface area contributed by atoms with E-state index >= 15 is 0 Å². The molecule has 3 rings (SSSR count). The van der Waals surface area contributed by atoms with Gasteiger partial charge in [-0.05, 0) is 23.8 Å². The number of rotatable bonds is 3. The van der Waals surface area contributed by atoms with Crippen LogP contribution in [0.4, 0.5) is 13.2 Å². The van der Waals surface area contributed by atoms with Gasteiger partial charge in [-0.1, -0.05) is 18.2 Å². The Morgan fingerprint density at radius 1 is 1.16 bits per heavy atom. The van der Waals surface area contributed by atoms with Crippen LogP contribution < -0.4 is 5.73 Å². The van der Waals surface area contributed by atoms with E-state index in [0.29, 0.717) is 29.9 Å². The average molecular weight is 437 g/mol. The number of alkyl halides is 3. The van der Waals surface area contributed by atoms with Crippen molar-refractivity contribution < 1.29 is 30.5 Å². The van der Waals surface area contributed by atoms with Gasteiger partial charge >= 0.3 is 39.4 Å². The molecule has 0 amide bonds. The molecule has 1 aromatic carbocycles. The van der Waals surface area contributed by atoms with Gasteiger partial charge in [-0.3, -0.25) is 0 Å². The molecule has 0 saturated heterocycles. The standard InChI is InChI=1S/C15H12F3N3O.2ClH.Co/c16-15(17,18)14-8-12(13-6-3-7-22-13)21(20-14)11-5-2-1-4-10(11)9-19;;;/h1-8H,9,19H2;2*1H;/q;;;+2/p-2. The van der Waals surface area contributed by atoms with Crippen LogP contribution in [0, 0.1) is 0 Å². The van der Waals surface area contributed by atoms with Gasteiger partial charge in [0.1, 0.15) is 5.69 Å². The molecule has 0 aliphatic carbocycles. The fraction of sp³-hybridized carbons (Fsp3) is 0.133. The number of hydrogen-bond acceptors (Lipinski definition) is 3. The van der Waals surface area contributed by atoms with E-state index in [-0.39, 0.29) is 12.2 Å². The number of aromatic nitrogens is 2. The number of nitrogens with zero attached hydrogens (tertiary/aromatic N) is 2. The molecule has 0 spiro atoms. The van der Waals surface area contributed by atoms with Crippen molar-refractivity contribution in [3.63, 3.8) is 0 Å². The summed E-state index contributed by atoms with van der Waals surface area (Å²) < 4.78 is 45.4. The van der Waals surface area contributed by atoms with Crippen molar-refractivity contribution in [2.24, 2.45) is 5.73 Å². The molecule has 137 valence electrons. The summed E-state index contributed by atoms with van der Waals surface area (Å²) in [5.74, 6) is 0.301. The first-order valence-corrected chi connectivity index (χ1v) is 9.62. The quantitative estimate of drug-likeness (QED) is 0.629. The van der Waals surface area contributed by atoms with Crippen LogP contribution in [0.1, 0.15) is 11.3 Å². The molecule has 0 atom stereocenters. The summed E-state index contributed by atoms with van der Waals surface area (Å²) in [6, 6.07) is 11.1. The van der Waals surface area contributed by atoms with Crippen molar-refractivity contribution in [3.8, 4) is 17.1 Å². The fourth-order valence-electron chi connectivity index (χ4n) is 2.19. The summed E-state index contributed by atoms with van der Waals surface area (Å²) in [4.78, 5) is 0. The molecule has 0 radical (unpaired) electrons. The van der Waals surface area contributed by atoms with Crippen molar-refractivity contribution in [1.82, 2.24) is 9.78 Å². The zero-order valence-electron chi connectivity index (χ0n) is 12.4. The van der Waals surface area contributed by atoms with Crippen molar-refractivity contribution in [1.29, 1.82) is 0 Å². The van der Waals surface area contributed by atoms with E-state index in [4.69, 9.17) is 30.4 Å². The minimum atomic E-state index is -4.54. The zero-order valence-corrected chi connectivity index (χ0v) is 15.0. The SMILES string of the molecule is NCc1ccccc1-n1nc(C(F)(F)F)cc1-c1ccco1.[Cl][Co][Cl]. The van der Waals surface area contributed by atoms with E-state index in [0.717, 1.165) is 6.07 Å². The predicted molar refractivity (Wildman–Crippen MR) is 85.9 cm³/mol. The molecule has 0 aliphatic rings. The second kappa shape index (κ2) is 8.77. The van der Waals surface area contributed by atoms with Gasteiger partial charge in [0.15, 0.2) is 11.5 Å². The van der Waals surface area contributed by atoms with Gasteiger partial charge in [0.2, 0.25) is 0 Å². The van der Waals surface area contributed by atoms with Crippen LogP contribution >= 0.6 is 20.3 Å². The Labute approximate surface area is 156 Å². The third kappa shape index (κ3) is 4.80. The van der Waals surface area contributed by atoms with Crippen LogP contribution in [-0.2, 0) is 25.6 Å². The van der Waals surface area contributed by atoms with Gasteiger partial charge < -0.3 is 10.2 Å². The van der Waals surface area contributed by atoms with Crippen LogP contribution in [0.2, 0.25) is 0 Å². The number of nitrogens with two attached hydrogens (primary N) is 1. The number of hydrogen-bond donors (Lipinski definition) is 1. The Morgan fingerprint density at radius 2 is 1.84 bits per heavy atom. The maximum absolute atomic E-state index is 13.0. The van der Waals surface area contributed by atoms with Crippen LogP contribution in [-0.4, -0.2) is 9.78 Å². The molecular weight excluding hydrogens is 425 g/mol. The molecule has 0 aliphatic heterocycles. The van der Waals surface area contributed by atoms with Crippen LogP contribution in [0.3, 0.4) is 0 Å². The van der Waals surface area contributed by atoms with E-state index in [1.165, 1.54) is 10.9 Å². The molecule has 10 heteroatoms. The first-order chi connectivity index (χ1) is 11.9. The molecule has 0 bridgehead atoms. The van der Waals surface area contributed by atoms with Gasteiger partial charge in [0, 0.05) is 12.6 Å². The Morgan fingerprint density at radius 3 is 2.40 bits per heavy atom. The Bertz CT molecular complexity index is 807. The van der Waals surface area contributed by atoms with Gasteiger partial charge in [0.25, 0.3) is 0 Å². The molecule has 2 heterocycles. The van der Waals surface area contributed by atoms with E-state index < -0.39 is 11.9 Å².